The highest BCUT2D eigenvalue weighted by molar-refractivity contribution is 5.72. The third-order valence-corrected chi connectivity index (χ3v) is 2.33. The number of ether oxygens (including phenoxy) is 2. The minimum absolute atomic E-state index is 0.0441. The molecule has 0 unspecified atom stereocenters. The second kappa shape index (κ2) is 8.60. The first-order valence-electron chi connectivity index (χ1n) is 6.23. The molecule has 0 heterocycles. The van der Waals surface area contributed by atoms with E-state index in [0.29, 0.717) is 37.8 Å². The van der Waals surface area contributed by atoms with E-state index >= 15 is 0 Å². The van der Waals surface area contributed by atoms with Gasteiger partial charge in [-0.1, -0.05) is 13.0 Å². The predicted octanol–water partition coefficient (Wildman–Crippen LogP) is 1.48. The number of nitrogen functional groups attached to an aromatic ring is 1. The molecule has 0 fully saturated rings. The summed E-state index contributed by atoms with van der Waals surface area (Å²) >= 11 is 0. The third-order valence-electron chi connectivity index (χ3n) is 2.33. The van der Waals surface area contributed by atoms with Gasteiger partial charge in [0.2, 0.25) is 0 Å². The largest absolute Gasteiger partial charge is 0.491 e. The molecule has 0 aliphatic heterocycles. The van der Waals surface area contributed by atoms with Crippen LogP contribution in [0.15, 0.2) is 18.2 Å². The highest BCUT2D eigenvalue weighted by Crippen LogP contribution is 2.29. The first-order valence-corrected chi connectivity index (χ1v) is 6.23. The molecule has 4 N–H and O–H groups in total. The summed E-state index contributed by atoms with van der Waals surface area (Å²) in [5.74, 6) is 0.707. The molecule has 0 aliphatic rings. The molecule has 0 aromatic heterocycles. The topological polar surface area (TPSA) is 76.7 Å². The highest BCUT2D eigenvalue weighted by atomic mass is 16.5. The summed E-state index contributed by atoms with van der Waals surface area (Å²) in [6, 6.07) is 5.66. The number of para-hydroxylation sites is 1. The Morgan fingerprint density at radius 1 is 1.28 bits per heavy atom. The molecule has 0 spiro atoms. The average Bonchev–Trinajstić information content (AvgIpc) is 2.39. The van der Waals surface area contributed by atoms with Crippen LogP contribution in [0.2, 0.25) is 0 Å². The van der Waals surface area contributed by atoms with Crippen LogP contribution in [-0.2, 0) is 4.74 Å². The summed E-state index contributed by atoms with van der Waals surface area (Å²) in [5.41, 5.74) is 7.46. The highest BCUT2D eigenvalue weighted by Gasteiger charge is 2.04. The number of nitrogens with one attached hydrogen (secondary N) is 1. The second-order valence-corrected chi connectivity index (χ2v) is 3.83. The van der Waals surface area contributed by atoms with Crippen molar-refractivity contribution in [2.75, 3.05) is 44.0 Å². The molecule has 0 saturated heterocycles. The zero-order valence-electron chi connectivity index (χ0n) is 10.8. The van der Waals surface area contributed by atoms with Gasteiger partial charge in [-0.2, -0.15) is 0 Å². The van der Waals surface area contributed by atoms with Crippen LogP contribution >= 0.6 is 0 Å². The number of nitrogens with two attached hydrogens (primary N) is 1. The lowest BCUT2D eigenvalue weighted by Gasteiger charge is -2.13. The molecule has 0 saturated carbocycles. The number of benzene rings is 1. The lowest BCUT2D eigenvalue weighted by Crippen LogP contribution is -2.12. The van der Waals surface area contributed by atoms with Crippen molar-refractivity contribution in [2.45, 2.75) is 13.3 Å². The molecule has 0 atom stereocenters. The summed E-state index contributed by atoms with van der Waals surface area (Å²) in [5, 5.41) is 11.7. The number of hydrogen-bond donors (Lipinski definition) is 3. The average molecular weight is 254 g/mol. The van der Waals surface area contributed by atoms with Gasteiger partial charge in [0.15, 0.2) is 0 Å². The Bertz CT molecular complexity index is 345. The number of aliphatic hydroxyl groups excluding tert-OH is 1. The number of anilines is 2. The third kappa shape index (κ3) is 4.81. The van der Waals surface area contributed by atoms with Gasteiger partial charge >= 0.3 is 0 Å². The van der Waals surface area contributed by atoms with E-state index in [2.05, 4.69) is 12.2 Å². The summed E-state index contributed by atoms with van der Waals surface area (Å²) in [6.45, 7) is 4.28. The Morgan fingerprint density at radius 3 is 2.83 bits per heavy atom. The summed E-state index contributed by atoms with van der Waals surface area (Å²) < 4.78 is 10.7. The smallest absolute Gasteiger partial charge is 0.144 e. The summed E-state index contributed by atoms with van der Waals surface area (Å²) in [4.78, 5) is 0. The van der Waals surface area contributed by atoms with Gasteiger partial charge in [0.05, 0.1) is 37.8 Å². The maximum atomic E-state index is 8.56. The molecular formula is C13H22N2O3. The standard InChI is InChI=1S/C13H22N2O3/c1-2-8-18-12-5-3-4-11(13(12)14)15-6-9-17-10-7-16/h3-5,15-16H,2,6-10,14H2,1H3. The fraction of sp³-hybridized carbons (Fsp3) is 0.538. The molecule has 1 aromatic rings. The summed E-state index contributed by atoms with van der Waals surface area (Å²) in [7, 11) is 0. The summed E-state index contributed by atoms with van der Waals surface area (Å²) in [6.07, 6.45) is 0.950. The first-order chi connectivity index (χ1) is 8.79. The fourth-order valence-corrected chi connectivity index (χ4v) is 1.46. The predicted molar refractivity (Wildman–Crippen MR) is 73.0 cm³/mol. The molecule has 5 nitrogen and oxygen atoms in total. The lowest BCUT2D eigenvalue weighted by atomic mass is 10.2. The van der Waals surface area contributed by atoms with Gasteiger partial charge in [-0.15, -0.1) is 0 Å². The molecule has 0 aliphatic carbocycles. The van der Waals surface area contributed by atoms with Crippen LogP contribution in [0.25, 0.3) is 0 Å². The van der Waals surface area contributed by atoms with Gasteiger partial charge in [-0.3, -0.25) is 0 Å². The van der Waals surface area contributed by atoms with Crippen molar-refractivity contribution < 1.29 is 14.6 Å². The fourth-order valence-electron chi connectivity index (χ4n) is 1.46. The zero-order chi connectivity index (χ0) is 13.2. The van der Waals surface area contributed by atoms with Gasteiger partial charge in [-0.05, 0) is 18.6 Å². The van der Waals surface area contributed by atoms with Gasteiger partial charge in [0.25, 0.3) is 0 Å². The normalized spacial score (nSPS) is 10.3. The van der Waals surface area contributed by atoms with E-state index in [1.54, 1.807) is 0 Å². The Hall–Kier alpha value is -1.46. The van der Waals surface area contributed by atoms with Gasteiger partial charge in [-0.25, -0.2) is 0 Å². The van der Waals surface area contributed by atoms with Crippen molar-refractivity contribution in [1.29, 1.82) is 0 Å². The van der Waals surface area contributed by atoms with Gasteiger partial charge in [0, 0.05) is 6.54 Å². The van der Waals surface area contributed by atoms with Crippen molar-refractivity contribution in [3.63, 3.8) is 0 Å². The second-order valence-electron chi connectivity index (χ2n) is 3.83. The van der Waals surface area contributed by atoms with Crippen LogP contribution in [0.4, 0.5) is 11.4 Å². The minimum atomic E-state index is 0.0441. The SMILES string of the molecule is CCCOc1cccc(NCCOCCO)c1N. The van der Waals surface area contributed by atoms with Crippen LogP contribution < -0.4 is 15.8 Å². The van der Waals surface area contributed by atoms with Crippen LogP contribution in [0.3, 0.4) is 0 Å². The van der Waals surface area contributed by atoms with Crippen molar-refractivity contribution in [1.82, 2.24) is 0 Å². The van der Waals surface area contributed by atoms with Crippen LogP contribution in [0, 0.1) is 0 Å². The van der Waals surface area contributed by atoms with Crippen molar-refractivity contribution >= 4 is 11.4 Å². The molecule has 1 aromatic carbocycles. The Labute approximate surface area is 108 Å². The van der Waals surface area contributed by atoms with E-state index in [1.807, 2.05) is 18.2 Å². The molecule has 102 valence electrons. The van der Waals surface area contributed by atoms with E-state index in [1.165, 1.54) is 0 Å². The van der Waals surface area contributed by atoms with Crippen molar-refractivity contribution in [2.24, 2.45) is 0 Å². The van der Waals surface area contributed by atoms with Crippen LogP contribution in [0.5, 0.6) is 5.75 Å². The van der Waals surface area contributed by atoms with E-state index in [-0.39, 0.29) is 6.61 Å². The number of aliphatic hydroxyl groups is 1. The molecule has 0 bridgehead atoms. The molecule has 0 radical (unpaired) electrons. The maximum absolute atomic E-state index is 8.56. The van der Waals surface area contributed by atoms with Gasteiger partial charge in [0.1, 0.15) is 5.75 Å². The Balaban J connectivity index is 2.44. The van der Waals surface area contributed by atoms with Crippen LogP contribution in [0.1, 0.15) is 13.3 Å². The lowest BCUT2D eigenvalue weighted by molar-refractivity contribution is 0.0992. The van der Waals surface area contributed by atoms with Gasteiger partial charge < -0.3 is 25.6 Å². The maximum Gasteiger partial charge on any atom is 0.144 e. The van der Waals surface area contributed by atoms with Crippen molar-refractivity contribution in [3.8, 4) is 5.75 Å². The number of rotatable bonds is 9. The molecule has 18 heavy (non-hydrogen) atoms. The van der Waals surface area contributed by atoms with Crippen molar-refractivity contribution in [3.05, 3.63) is 18.2 Å². The van der Waals surface area contributed by atoms with Crippen LogP contribution in [-0.4, -0.2) is 38.1 Å². The number of hydrogen-bond acceptors (Lipinski definition) is 5. The first kappa shape index (κ1) is 14.6. The molecule has 1 rings (SSSR count). The molecular weight excluding hydrogens is 232 g/mol. The minimum Gasteiger partial charge on any atom is -0.491 e. The van der Waals surface area contributed by atoms with E-state index in [4.69, 9.17) is 20.3 Å². The quantitative estimate of drug-likeness (QED) is 0.459. The van der Waals surface area contributed by atoms with E-state index in [9.17, 15) is 0 Å². The van der Waals surface area contributed by atoms with E-state index in [0.717, 1.165) is 12.1 Å². The van der Waals surface area contributed by atoms with E-state index < -0.39 is 0 Å². The Kier molecular flexibility index (Phi) is 6.98. The molecule has 5 heteroatoms. The monoisotopic (exact) mass is 254 g/mol. The Morgan fingerprint density at radius 2 is 2.11 bits per heavy atom. The zero-order valence-corrected chi connectivity index (χ0v) is 10.8. The molecule has 0 amide bonds.